The van der Waals surface area contributed by atoms with Crippen LogP contribution in [0.4, 0.5) is 10.5 Å². The number of amides is 5. The normalized spacial score (nSPS) is 12.3. The number of nitrogens with two attached hydrogens (primary N) is 1. The van der Waals surface area contributed by atoms with Crippen LogP contribution in [0.5, 0.6) is 0 Å². The fourth-order valence-corrected chi connectivity index (χ4v) is 2.90. The SMILES string of the molecule is CC(=O)NC(C(=O)NC(CCCNC(N)=O)C(=O)Nc1ccc(COC(C)=O)cc1)C(C)C. The highest BCUT2D eigenvalue weighted by Gasteiger charge is 2.28. The molecule has 11 heteroatoms. The Bertz CT molecular complexity index is 840. The van der Waals surface area contributed by atoms with Crippen LogP contribution in [0.3, 0.4) is 0 Å². The van der Waals surface area contributed by atoms with Crippen molar-refractivity contribution in [2.24, 2.45) is 11.7 Å². The van der Waals surface area contributed by atoms with Gasteiger partial charge in [-0.1, -0.05) is 26.0 Å². The summed E-state index contributed by atoms with van der Waals surface area (Å²) in [5.41, 5.74) is 6.29. The largest absolute Gasteiger partial charge is 0.461 e. The number of nitrogens with one attached hydrogen (secondary N) is 4. The fourth-order valence-electron chi connectivity index (χ4n) is 2.90. The van der Waals surface area contributed by atoms with Gasteiger partial charge in [0.1, 0.15) is 18.7 Å². The highest BCUT2D eigenvalue weighted by Crippen LogP contribution is 2.12. The Balaban J connectivity index is 2.87. The van der Waals surface area contributed by atoms with E-state index in [0.717, 1.165) is 5.56 Å². The first-order valence-corrected chi connectivity index (χ1v) is 10.6. The highest BCUT2D eigenvalue weighted by molar-refractivity contribution is 5.98. The quantitative estimate of drug-likeness (QED) is 0.227. The van der Waals surface area contributed by atoms with Crippen LogP contribution >= 0.6 is 0 Å². The zero-order valence-corrected chi connectivity index (χ0v) is 19.4. The molecular formula is C22H33N5O6. The summed E-state index contributed by atoms with van der Waals surface area (Å²) in [5, 5.41) is 10.5. The first-order valence-electron chi connectivity index (χ1n) is 10.6. The van der Waals surface area contributed by atoms with Crippen molar-refractivity contribution in [2.45, 2.75) is 59.2 Å². The second-order valence-electron chi connectivity index (χ2n) is 7.88. The van der Waals surface area contributed by atoms with E-state index in [9.17, 15) is 24.0 Å². The van der Waals surface area contributed by atoms with E-state index < -0.39 is 35.9 Å². The first-order chi connectivity index (χ1) is 15.5. The van der Waals surface area contributed by atoms with Crippen molar-refractivity contribution in [2.75, 3.05) is 11.9 Å². The number of rotatable bonds is 12. The number of urea groups is 1. The summed E-state index contributed by atoms with van der Waals surface area (Å²) < 4.78 is 4.93. The summed E-state index contributed by atoms with van der Waals surface area (Å²) in [7, 11) is 0. The van der Waals surface area contributed by atoms with E-state index in [4.69, 9.17) is 10.5 Å². The second kappa shape index (κ2) is 13.7. The number of anilines is 1. The third-order valence-electron chi connectivity index (χ3n) is 4.57. The van der Waals surface area contributed by atoms with E-state index >= 15 is 0 Å². The lowest BCUT2D eigenvalue weighted by molar-refractivity contribution is -0.142. The number of esters is 1. The number of primary amides is 1. The molecule has 0 heterocycles. The summed E-state index contributed by atoms with van der Waals surface area (Å²) in [6.45, 7) is 6.55. The van der Waals surface area contributed by atoms with Gasteiger partial charge in [-0.25, -0.2) is 4.79 Å². The van der Waals surface area contributed by atoms with Crippen molar-refractivity contribution in [3.8, 4) is 0 Å². The van der Waals surface area contributed by atoms with Gasteiger partial charge in [0.15, 0.2) is 0 Å². The molecule has 0 aromatic heterocycles. The number of carbonyl (C=O) groups excluding carboxylic acids is 5. The second-order valence-corrected chi connectivity index (χ2v) is 7.88. The van der Waals surface area contributed by atoms with Crippen LogP contribution in [-0.4, -0.2) is 48.4 Å². The average molecular weight is 464 g/mol. The number of carbonyl (C=O) groups is 5. The minimum Gasteiger partial charge on any atom is -0.461 e. The number of benzene rings is 1. The fraction of sp³-hybridized carbons (Fsp3) is 0.500. The summed E-state index contributed by atoms with van der Waals surface area (Å²) in [5.74, 6) is -1.89. The molecule has 11 nitrogen and oxygen atoms in total. The predicted octanol–water partition coefficient (Wildman–Crippen LogP) is 0.782. The van der Waals surface area contributed by atoms with Crippen LogP contribution in [0.1, 0.15) is 46.1 Å². The van der Waals surface area contributed by atoms with Gasteiger partial charge in [-0.15, -0.1) is 0 Å². The molecule has 2 atom stereocenters. The Kier molecular flexibility index (Phi) is 11.4. The molecule has 0 bridgehead atoms. The van der Waals surface area contributed by atoms with Crippen LogP contribution in [0, 0.1) is 5.92 Å². The van der Waals surface area contributed by atoms with Crippen molar-refractivity contribution in [3.63, 3.8) is 0 Å². The summed E-state index contributed by atoms with van der Waals surface area (Å²) in [6.07, 6.45) is 0.613. The van der Waals surface area contributed by atoms with Crippen LogP contribution in [0.25, 0.3) is 0 Å². The van der Waals surface area contributed by atoms with Gasteiger partial charge in [-0.2, -0.15) is 0 Å². The maximum Gasteiger partial charge on any atom is 0.312 e. The zero-order valence-electron chi connectivity index (χ0n) is 19.4. The molecule has 33 heavy (non-hydrogen) atoms. The van der Waals surface area contributed by atoms with Crippen molar-refractivity contribution >= 4 is 35.4 Å². The minimum absolute atomic E-state index is 0.120. The summed E-state index contributed by atoms with van der Waals surface area (Å²) >= 11 is 0. The van der Waals surface area contributed by atoms with E-state index in [0.29, 0.717) is 12.1 Å². The molecule has 1 aromatic rings. The van der Waals surface area contributed by atoms with Crippen LogP contribution < -0.4 is 27.0 Å². The van der Waals surface area contributed by atoms with Gasteiger partial charge in [0.05, 0.1) is 0 Å². The zero-order chi connectivity index (χ0) is 25.0. The van der Waals surface area contributed by atoms with Gasteiger partial charge >= 0.3 is 12.0 Å². The molecule has 1 aromatic carbocycles. The maximum atomic E-state index is 12.9. The van der Waals surface area contributed by atoms with E-state index in [1.165, 1.54) is 13.8 Å². The number of hydrogen-bond acceptors (Lipinski definition) is 6. The Labute approximate surface area is 193 Å². The van der Waals surface area contributed by atoms with E-state index in [2.05, 4.69) is 21.3 Å². The maximum absolute atomic E-state index is 12.9. The molecule has 0 fully saturated rings. The molecule has 0 saturated heterocycles. The summed E-state index contributed by atoms with van der Waals surface area (Å²) in [6, 6.07) is 4.31. The van der Waals surface area contributed by atoms with Crippen molar-refractivity contribution in [1.82, 2.24) is 16.0 Å². The Morgan fingerprint density at radius 1 is 0.970 bits per heavy atom. The molecule has 2 unspecified atom stereocenters. The molecule has 0 aliphatic carbocycles. The van der Waals surface area contributed by atoms with Crippen LogP contribution in [0.15, 0.2) is 24.3 Å². The molecule has 0 spiro atoms. The number of hydrogen-bond donors (Lipinski definition) is 5. The van der Waals surface area contributed by atoms with Crippen LogP contribution in [-0.2, 0) is 30.5 Å². The Hall–Kier alpha value is -3.63. The van der Waals surface area contributed by atoms with Gasteiger partial charge < -0.3 is 31.7 Å². The first kappa shape index (κ1) is 27.4. The smallest absolute Gasteiger partial charge is 0.312 e. The molecular weight excluding hydrogens is 430 g/mol. The van der Waals surface area contributed by atoms with Crippen molar-refractivity contribution < 1.29 is 28.7 Å². The lowest BCUT2D eigenvalue weighted by Crippen LogP contribution is -2.54. The van der Waals surface area contributed by atoms with Gasteiger partial charge in [-0.05, 0) is 36.5 Å². The predicted molar refractivity (Wildman–Crippen MR) is 122 cm³/mol. The Morgan fingerprint density at radius 3 is 2.12 bits per heavy atom. The molecule has 0 saturated carbocycles. The van der Waals surface area contributed by atoms with Crippen LogP contribution in [0.2, 0.25) is 0 Å². The van der Waals surface area contributed by atoms with Gasteiger partial charge in [-0.3, -0.25) is 19.2 Å². The minimum atomic E-state index is -0.914. The highest BCUT2D eigenvalue weighted by atomic mass is 16.5. The third kappa shape index (κ3) is 11.0. The van der Waals surface area contributed by atoms with E-state index in [1.54, 1.807) is 38.1 Å². The monoisotopic (exact) mass is 463 g/mol. The summed E-state index contributed by atoms with van der Waals surface area (Å²) in [4.78, 5) is 58.9. The molecule has 0 aliphatic heterocycles. The molecule has 6 N–H and O–H groups in total. The van der Waals surface area contributed by atoms with Gasteiger partial charge in [0.25, 0.3) is 0 Å². The van der Waals surface area contributed by atoms with E-state index in [-0.39, 0.29) is 31.4 Å². The standard InChI is InChI=1S/C22H33N5O6/c1-13(2)19(25-14(3)28)21(31)27-18(6-5-11-24-22(23)32)20(30)26-17-9-7-16(8-10-17)12-33-15(4)29/h7-10,13,18-19H,5-6,11-12H2,1-4H3,(H,25,28)(H,26,30)(H,27,31)(H3,23,24,32). The van der Waals surface area contributed by atoms with E-state index in [1.807, 2.05) is 0 Å². The molecule has 5 amide bonds. The van der Waals surface area contributed by atoms with Gasteiger partial charge in [0, 0.05) is 26.1 Å². The average Bonchev–Trinajstić information content (AvgIpc) is 2.72. The molecule has 0 radical (unpaired) electrons. The topological polar surface area (TPSA) is 169 Å². The molecule has 182 valence electrons. The lowest BCUT2D eigenvalue weighted by atomic mass is 10.0. The van der Waals surface area contributed by atoms with Gasteiger partial charge in [0.2, 0.25) is 17.7 Å². The lowest BCUT2D eigenvalue weighted by Gasteiger charge is -2.25. The third-order valence-corrected chi connectivity index (χ3v) is 4.57. The molecule has 0 aliphatic rings. The van der Waals surface area contributed by atoms with Crippen molar-refractivity contribution in [3.05, 3.63) is 29.8 Å². The van der Waals surface area contributed by atoms with Crippen molar-refractivity contribution in [1.29, 1.82) is 0 Å². The number of ether oxygens (including phenoxy) is 1. The Morgan fingerprint density at radius 2 is 1.61 bits per heavy atom. The molecule has 1 rings (SSSR count).